The predicted octanol–water partition coefficient (Wildman–Crippen LogP) is 5.11. The third-order valence-corrected chi connectivity index (χ3v) is 6.71. The zero-order chi connectivity index (χ0) is 13.7. The fourth-order valence-corrected chi connectivity index (χ4v) is 5.10. The van der Waals surface area contributed by atoms with E-state index in [0.29, 0.717) is 0 Å². The van der Waals surface area contributed by atoms with Gasteiger partial charge in [-0.15, -0.1) is 11.3 Å². The average Bonchev–Trinajstić information content (AvgIpc) is 2.87. The number of aryl methyl sites for hydroxylation is 2. The van der Waals surface area contributed by atoms with E-state index in [2.05, 4.69) is 74.1 Å². The second-order valence-corrected chi connectivity index (χ2v) is 6.84. The lowest BCUT2D eigenvalue weighted by Gasteiger charge is -2.30. The molecule has 0 fully saturated rings. The number of hydrogen-bond acceptors (Lipinski definition) is 2. The van der Waals surface area contributed by atoms with E-state index in [0.717, 1.165) is 23.5 Å². The Morgan fingerprint density at radius 1 is 1.16 bits per heavy atom. The van der Waals surface area contributed by atoms with E-state index in [1.54, 1.807) is 11.3 Å². The van der Waals surface area contributed by atoms with Gasteiger partial charge in [-0.25, -0.2) is 4.98 Å². The average molecular weight is 403 g/mol. The van der Waals surface area contributed by atoms with E-state index in [9.17, 15) is 0 Å². The molecule has 102 valence electrons. The lowest BCUT2D eigenvalue weighted by atomic mass is 9.80. The van der Waals surface area contributed by atoms with Gasteiger partial charge in [0.05, 0.1) is 11.2 Å². The fourth-order valence-electron chi connectivity index (χ4n) is 2.18. The maximum atomic E-state index is 4.34. The van der Waals surface area contributed by atoms with Gasteiger partial charge in [-0.2, -0.15) is 0 Å². The number of rotatable bonds is 6. The highest BCUT2D eigenvalue weighted by atomic mass is 79.9. The van der Waals surface area contributed by atoms with Crippen molar-refractivity contribution in [1.82, 2.24) is 4.98 Å². The van der Waals surface area contributed by atoms with Crippen LogP contribution < -0.4 is 0 Å². The molecule has 2 aromatic rings. The summed E-state index contributed by atoms with van der Waals surface area (Å²) in [7, 11) is 0. The van der Waals surface area contributed by atoms with Crippen molar-refractivity contribution in [3.63, 3.8) is 0 Å². The molecule has 0 unspecified atom stereocenters. The minimum Gasteiger partial charge on any atom is -0.250 e. The van der Waals surface area contributed by atoms with E-state index in [1.165, 1.54) is 16.1 Å². The molecule has 1 aromatic heterocycles. The van der Waals surface area contributed by atoms with Crippen molar-refractivity contribution in [2.45, 2.75) is 25.2 Å². The summed E-state index contributed by atoms with van der Waals surface area (Å²) >= 11 is 9.19. The Hall–Kier alpha value is -0.190. The van der Waals surface area contributed by atoms with Crippen LogP contribution in [0, 0.1) is 6.92 Å². The van der Waals surface area contributed by atoms with Crippen molar-refractivity contribution in [3.05, 3.63) is 52.0 Å². The van der Waals surface area contributed by atoms with E-state index in [-0.39, 0.29) is 5.41 Å². The highest BCUT2D eigenvalue weighted by Crippen LogP contribution is 2.34. The van der Waals surface area contributed by atoms with Crippen LogP contribution in [-0.4, -0.2) is 15.6 Å². The smallest absolute Gasteiger partial charge is 0.0797 e. The highest BCUT2D eigenvalue weighted by Gasteiger charge is 2.30. The van der Waals surface area contributed by atoms with Crippen molar-refractivity contribution < 1.29 is 0 Å². The molecule has 19 heavy (non-hydrogen) atoms. The van der Waals surface area contributed by atoms with Crippen LogP contribution in [0.3, 0.4) is 0 Å². The normalized spacial score (nSPS) is 11.7. The molecule has 0 saturated heterocycles. The minimum absolute atomic E-state index is 0.150. The van der Waals surface area contributed by atoms with Gasteiger partial charge >= 0.3 is 0 Å². The summed E-state index contributed by atoms with van der Waals surface area (Å²) in [5, 5.41) is 1.93. The molecule has 0 amide bonds. The summed E-state index contributed by atoms with van der Waals surface area (Å²) in [6.45, 7) is 2.10. The molecule has 0 aliphatic carbocycles. The van der Waals surface area contributed by atoms with Gasteiger partial charge in [-0.05, 0) is 25.3 Å². The van der Waals surface area contributed by atoms with Gasteiger partial charge in [0.15, 0.2) is 0 Å². The van der Waals surface area contributed by atoms with Crippen LogP contribution in [0.1, 0.15) is 22.6 Å². The molecule has 2 rings (SSSR count). The predicted molar refractivity (Wildman–Crippen MR) is 90.9 cm³/mol. The van der Waals surface area contributed by atoms with Crippen molar-refractivity contribution in [1.29, 1.82) is 0 Å². The second kappa shape index (κ2) is 7.00. The van der Waals surface area contributed by atoms with Crippen molar-refractivity contribution in [2.24, 2.45) is 0 Å². The first-order valence-corrected chi connectivity index (χ1v) is 9.40. The van der Waals surface area contributed by atoms with Crippen LogP contribution in [0.25, 0.3) is 0 Å². The molecular formula is C15H17Br2NS. The maximum Gasteiger partial charge on any atom is 0.0797 e. The first-order chi connectivity index (χ1) is 9.22. The summed E-state index contributed by atoms with van der Waals surface area (Å²) < 4.78 is 0. The second-order valence-electron chi connectivity index (χ2n) is 4.77. The van der Waals surface area contributed by atoms with E-state index >= 15 is 0 Å². The van der Waals surface area contributed by atoms with E-state index < -0.39 is 0 Å². The van der Waals surface area contributed by atoms with Crippen LogP contribution >= 0.6 is 43.2 Å². The first kappa shape index (κ1) is 15.2. The monoisotopic (exact) mass is 401 g/mol. The summed E-state index contributed by atoms with van der Waals surface area (Å²) in [4.78, 5) is 5.74. The number of thiazole rings is 1. The van der Waals surface area contributed by atoms with Crippen molar-refractivity contribution in [3.8, 4) is 0 Å². The lowest BCUT2D eigenvalue weighted by molar-refractivity contribution is 0.506. The summed E-state index contributed by atoms with van der Waals surface area (Å²) in [6.07, 6.45) is 2.21. The zero-order valence-corrected chi connectivity index (χ0v) is 14.9. The van der Waals surface area contributed by atoms with Gasteiger partial charge < -0.3 is 0 Å². The number of alkyl halides is 2. The molecule has 0 atom stereocenters. The summed E-state index contributed by atoms with van der Waals surface area (Å²) in [6, 6.07) is 10.8. The quantitative estimate of drug-likeness (QED) is 0.611. The van der Waals surface area contributed by atoms with Gasteiger partial charge in [0.25, 0.3) is 0 Å². The third-order valence-electron chi connectivity index (χ3n) is 3.57. The first-order valence-electron chi connectivity index (χ1n) is 6.28. The Bertz CT molecular complexity index is 506. The highest BCUT2D eigenvalue weighted by molar-refractivity contribution is 9.09. The molecule has 4 heteroatoms. The molecule has 0 bridgehead atoms. The Balaban J connectivity index is 2.18. The zero-order valence-electron chi connectivity index (χ0n) is 10.9. The molecular weight excluding hydrogens is 386 g/mol. The standard InChI is InChI=1S/C15H17Br2NS/c1-12-14(19-11-18-12)7-8-15(9-16,10-17)13-5-3-2-4-6-13/h2-6,11H,7-10H2,1H3. The molecule has 0 N–H and O–H groups in total. The van der Waals surface area contributed by atoms with Crippen LogP contribution in [0.5, 0.6) is 0 Å². The molecule has 0 radical (unpaired) electrons. The van der Waals surface area contributed by atoms with Crippen LogP contribution in [0.15, 0.2) is 35.8 Å². The Morgan fingerprint density at radius 2 is 1.84 bits per heavy atom. The Kier molecular flexibility index (Phi) is 5.60. The molecule has 1 nitrogen and oxygen atoms in total. The summed E-state index contributed by atoms with van der Waals surface area (Å²) in [5.41, 5.74) is 4.66. The third kappa shape index (κ3) is 3.47. The van der Waals surface area contributed by atoms with Gasteiger partial charge in [-0.3, -0.25) is 0 Å². The topological polar surface area (TPSA) is 12.9 Å². The molecule has 0 saturated carbocycles. The minimum atomic E-state index is 0.150. The van der Waals surface area contributed by atoms with Crippen molar-refractivity contribution >= 4 is 43.2 Å². The lowest BCUT2D eigenvalue weighted by Crippen LogP contribution is -2.30. The van der Waals surface area contributed by atoms with Crippen LogP contribution in [0.4, 0.5) is 0 Å². The Morgan fingerprint density at radius 3 is 2.37 bits per heavy atom. The van der Waals surface area contributed by atoms with Gasteiger partial charge in [0.2, 0.25) is 0 Å². The van der Waals surface area contributed by atoms with Gasteiger partial charge in [0.1, 0.15) is 0 Å². The number of nitrogens with zero attached hydrogens (tertiary/aromatic N) is 1. The van der Waals surface area contributed by atoms with Crippen molar-refractivity contribution in [2.75, 3.05) is 10.7 Å². The SMILES string of the molecule is Cc1ncsc1CCC(CBr)(CBr)c1ccccc1. The van der Waals surface area contributed by atoms with Crippen LogP contribution in [-0.2, 0) is 11.8 Å². The Labute approximate surface area is 135 Å². The van der Waals surface area contributed by atoms with E-state index in [4.69, 9.17) is 0 Å². The van der Waals surface area contributed by atoms with Gasteiger partial charge in [-0.1, -0.05) is 62.2 Å². The maximum absolute atomic E-state index is 4.34. The molecule has 1 heterocycles. The molecule has 1 aromatic carbocycles. The van der Waals surface area contributed by atoms with Gasteiger partial charge in [0, 0.05) is 21.0 Å². The number of halogens is 2. The fraction of sp³-hybridized carbons (Fsp3) is 0.400. The number of aromatic nitrogens is 1. The number of hydrogen-bond donors (Lipinski definition) is 0. The number of benzene rings is 1. The molecule has 0 aliphatic heterocycles. The summed E-state index contributed by atoms with van der Waals surface area (Å²) in [5.74, 6) is 0. The largest absolute Gasteiger partial charge is 0.250 e. The molecule has 0 spiro atoms. The van der Waals surface area contributed by atoms with E-state index in [1.807, 2.05) is 5.51 Å². The van der Waals surface area contributed by atoms with Crippen LogP contribution in [0.2, 0.25) is 0 Å². The molecule has 0 aliphatic rings.